The molecule has 2 aliphatic heterocycles. The Kier molecular flexibility index (Phi) is 6.51. The van der Waals surface area contributed by atoms with Crippen molar-refractivity contribution in [2.45, 2.75) is 31.7 Å². The van der Waals surface area contributed by atoms with E-state index in [-0.39, 0.29) is 11.7 Å². The molecule has 31 heavy (non-hydrogen) atoms. The molecule has 6 nitrogen and oxygen atoms in total. The van der Waals surface area contributed by atoms with Gasteiger partial charge in [-0.2, -0.15) is 0 Å². The third kappa shape index (κ3) is 5.05. The third-order valence-corrected chi connectivity index (χ3v) is 6.19. The van der Waals surface area contributed by atoms with Gasteiger partial charge in [0.15, 0.2) is 0 Å². The summed E-state index contributed by atoms with van der Waals surface area (Å²) < 4.78 is 13.3. The molecule has 7 heteroatoms. The SMILES string of the molecule is CN1CCc2cc(C(CNC(=O)C(=O)Nc3cccc(F)c3)N3CCCCC3)ccc21. The van der Waals surface area contributed by atoms with E-state index in [1.165, 1.54) is 41.4 Å². The molecule has 1 atom stereocenters. The third-order valence-electron chi connectivity index (χ3n) is 6.19. The van der Waals surface area contributed by atoms with Gasteiger partial charge in [-0.1, -0.05) is 24.6 Å². The number of hydrogen-bond acceptors (Lipinski definition) is 4. The fourth-order valence-electron chi connectivity index (χ4n) is 4.51. The zero-order chi connectivity index (χ0) is 21.8. The minimum Gasteiger partial charge on any atom is -0.374 e. The molecule has 0 spiro atoms. The van der Waals surface area contributed by atoms with Crippen LogP contribution in [0.2, 0.25) is 0 Å². The van der Waals surface area contributed by atoms with E-state index in [1.54, 1.807) is 6.07 Å². The van der Waals surface area contributed by atoms with Crippen LogP contribution in [0.1, 0.15) is 36.4 Å². The van der Waals surface area contributed by atoms with Gasteiger partial charge >= 0.3 is 11.8 Å². The van der Waals surface area contributed by atoms with Gasteiger partial charge < -0.3 is 15.5 Å². The second kappa shape index (κ2) is 9.47. The van der Waals surface area contributed by atoms with E-state index in [9.17, 15) is 14.0 Å². The monoisotopic (exact) mass is 424 g/mol. The molecule has 2 aliphatic rings. The lowest BCUT2D eigenvalue weighted by Gasteiger charge is -2.35. The van der Waals surface area contributed by atoms with Crippen LogP contribution in [0.25, 0.3) is 0 Å². The highest BCUT2D eigenvalue weighted by Crippen LogP contribution is 2.32. The van der Waals surface area contributed by atoms with Gasteiger partial charge in [0.2, 0.25) is 0 Å². The smallest absolute Gasteiger partial charge is 0.313 e. The number of anilines is 2. The van der Waals surface area contributed by atoms with Crippen molar-refractivity contribution in [1.29, 1.82) is 0 Å². The molecule has 2 aromatic rings. The summed E-state index contributed by atoms with van der Waals surface area (Å²) in [4.78, 5) is 29.4. The number of fused-ring (bicyclic) bond motifs is 1. The number of piperidine rings is 1. The molecule has 2 aromatic carbocycles. The van der Waals surface area contributed by atoms with E-state index in [2.05, 4.69) is 45.7 Å². The largest absolute Gasteiger partial charge is 0.374 e. The summed E-state index contributed by atoms with van der Waals surface area (Å²) in [6.07, 6.45) is 4.52. The Morgan fingerprint density at radius 1 is 1.03 bits per heavy atom. The maximum Gasteiger partial charge on any atom is 0.313 e. The van der Waals surface area contributed by atoms with Crippen molar-refractivity contribution in [2.75, 3.05) is 43.4 Å². The standard InChI is InChI=1S/C24H29FN4O2/c1-28-13-10-18-14-17(8-9-21(18)28)22(29-11-3-2-4-12-29)16-26-23(30)24(31)27-20-7-5-6-19(25)15-20/h5-9,14-15,22H,2-4,10-13,16H2,1H3,(H,26,30)(H,27,31). The van der Waals surface area contributed by atoms with Gasteiger partial charge in [0, 0.05) is 31.5 Å². The number of benzene rings is 2. The maximum absolute atomic E-state index is 13.3. The number of carbonyl (C=O) groups is 2. The van der Waals surface area contributed by atoms with E-state index in [4.69, 9.17) is 0 Å². The second-order valence-electron chi connectivity index (χ2n) is 8.35. The molecule has 1 saturated heterocycles. The lowest BCUT2D eigenvalue weighted by molar-refractivity contribution is -0.136. The molecule has 0 aliphatic carbocycles. The normalized spacial score (nSPS) is 17.2. The van der Waals surface area contributed by atoms with E-state index in [1.807, 2.05) is 0 Å². The summed E-state index contributed by atoms with van der Waals surface area (Å²) in [5.41, 5.74) is 4.02. The number of carbonyl (C=O) groups excluding carboxylic acids is 2. The highest BCUT2D eigenvalue weighted by molar-refractivity contribution is 6.39. The van der Waals surface area contributed by atoms with E-state index < -0.39 is 17.6 Å². The summed E-state index contributed by atoms with van der Waals surface area (Å²) in [6.45, 7) is 3.33. The predicted molar refractivity (Wildman–Crippen MR) is 120 cm³/mol. The average molecular weight is 425 g/mol. The first-order valence-corrected chi connectivity index (χ1v) is 10.9. The van der Waals surface area contributed by atoms with Crippen LogP contribution in [0.3, 0.4) is 0 Å². The van der Waals surface area contributed by atoms with Crippen LogP contribution in [0.5, 0.6) is 0 Å². The van der Waals surface area contributed by atoms with E-state index >= 15 is 0 Å². The molecule has 1 unspecified atom stereocenters. The molecular formula is C24H29FN4O2. The Morgan fingerprint density at radius 2 is 1.84 bits per heavy atom. The Labute approximate surface area is 182 Å². The number of nitrogens with one attached hydrogen (secondary N) is 2. The lowest BCUT2D eigenvalue weighted by atomic mass is 9.98. The average Bonchev–Trinajstić information content (AvgIpc) is 3.14. The van der Waals surface area contributed by atoms with Crippen molar-refractivity contribution in [3.05, 3.63) is 59.4 Å². The van der Waals surface area contributed by atoms with E-state index in [0.29, 0.717) is 6.54 Å². The fourth-order valence-corrected chi connectivity index (χ4v) is 4.51. The van der Waals surface area contributed by atoms with Crippen molar-refractivity contribution >= 4 is 23.2 Å². The van der Waals surface area contributed by atoms with Crippen LogP contribution in [0.15, 0.2) is 42.5 Å². The number of rotatable bonds is 5. The summed E-state index contributed by atoms with van der Waals surface area (Å²) in [7, 11) is 2.10. The Bertz CT molecular complexity index is 958. The van der Waals surface area contributed by atoms with Crippen LogP contribution >= 0.6 is 0 Å². The number of likely N-dealkylation sites (N-methyl/N-ethyl adjacent to an activating group) is 1. The Morgan fingerprint density at radius 3 is 2.61 bits per heavy atom. The summed E-state index contributed by atoms with van der Waals surface area (Å²) in [6, 6.07) is 12.1. The van der Waals surface area contributed by atoms with E-state index in [0.717, 1.165) is 38.9 Å². The Balaban J connectivity index is 1.45. The van der Waals surface area contributed by atoms with Crippen LogP contribution in [-0.4, -0.2) is 49.9 Å². The number of nitrogens with zero attached hydrogens (tertiary/aromatic N) is 2. The summed E-state index contributed by atoms with van der Waals surface area (Å²) in [5.74, 6) is -1.98. The molecule has 2 N–H and O–H groups in total. The molecule has 2 amide bonds. The highest BCUT2D eigenvalue weighted by atomic mass is 19.1. The van der Waals surface area contributed by atoms with Crippen molar-refractivity contribution in [3.8, 4) is 0 Å². The van der Waals surface area contributed by atoms with Crippen molar-refractivity contribution in [2.24, 2.45) is 0 Å². The quantitative estimate of drug-likeness (QED) is 0.724. The molecule has 0 aromatic heterocycles. The molecule has 4 rings (SSSR count). The van der Waals surface area contributed by atoms with Crippen molar-refractivity contribution in [3.63, 3.8) is 0 Å². The molecule has 0 saturated carbocycles. The molecule has 2 heterocycles. The first-order chi connectivity index (χ1) is 15.0. The number of likely N-dealkylation sites (tertiary alicyclic amines) is 1. The van der Waals surface area contributed by atoms with Crippen LogP contribution in [0.4, 0.5) is 15.8 Å². The molecule has 164 valence electrons. The maximum atomic E-state index is 13.3. The summed E-state index contributed by atoms with van der Waals surface area (Å²) >= 11 is 0. The van der Waals surface area contributed by atoms with Gasteiger partial charge in [0.25, 0.3) is 0 Å². The first-order valence-electron chi connectivity index (χ1n) is 10.9. The molecule has 0 radical (unpaired) electrons. The van der Waals surface area contributed by atoms with Crippen LogP contribution < -0.4 is 15.5 Å². The van der Waals surface area contributed by atoms with Crippen molar-refractivity contribution in [1.82, 2.24) is 10.2 Å². The molecular weight excluding hydrogens is 395 g/mol. The van der Waals surface area contributed by atoms with Gasteiger partial charge in [-0.3, -0.25) is 14.5 Å². The minimum atomic E-state index is -0.793. The fraction of sp³-hybridized carbons (Fsp3) is 0.417. The number of amides is 2. The highest BCUT2D eigenvalue weighted by Gasteiger charge is 2.26. The number of halogens is 1. The Hall–Kier alpha value is -2.93. The van der Waals surface area contributed by atoms with Gasteiger partial charge in [-0.05, 0) is 67.7 Å². The van der Waals surface area contributed by atoms with Gasteiger partial charge in [0.05, 0.1) is 6.04 Å². The zero-order valence-corrected chi connectivity index (χ0v) is 17.9. The number of hydrogen-bond donors (Lipinski definition) is 2. The first kappa shape index (κ1) is 21.3. The molecule has 0 bridgehead atoms. The van der Waals surface area contributed by atoms with Crippen LogP contribution in [0, 0.1) is 5.82 Å². The second-order valence-corrected chi connectivity index (χ2v) is 8.35. The zero-order valence-electron chi connectivity index (χ0n) is 17.9. The topological polar surface area (TPSA) is 64.7 Å². The molecule has 1 fully saturated rings. The lowest BCUT2D eigenvalue weighted by Crippen LogP contribution is -2.43. The summed E-state index contributed by atoms with van der Waals surface area (Å²) in [5, 5.41) is 5.25. The predicted octanol–water partition coefficient (Wildman–Crippen LogP) is 3.10. The van der Waals surface area contributed by atoms with Gasteiger partial charge in [0.1, 0.15) is 5.82 Å². The van der Waals surface area contributed by atoms with Crippen LogP contribution in [-0.2, 0) is 16.0 Å². The van der Waals surface area contributed by atoms with Gasteiger partial charge in [-0.15, -0.1) is 0 Å². The van der Waals surface area contributed by atoms with Crippen molar-refractivity contribution < 1.29 is 14.0 Å². The minimum absolute atomic E-state index is 0.0161. The van der Waals surface area contributed by atoms with Gasteiger partial charge in [-0.25, -0.2) is 4.39 Å².